The lowest BCUT2D eigenvalue weighted by molar-refractivity contribution is -0.0907. The number of nitrogen functional groups attached to an aromatic ring is 1. The van der Waals surface area contributed by atoms with Gasteiger partial charge < -0.3 is 25.4 Å². The van der Waals surface area contributed by atoms with E-state index in [2.05, 4.69) is 15.0 Å². The normalized spacial score (nSPS) is 32.3. The van der Waals surface area contributed by atoms with Crippen LogP contribution >= 0.6 is 29.4 Å². The Kier molecular flexibility index (Phi) is 7.20. The number of phosphoric acid groups is 1. The number of hydrogen-bond donors (Lipinski definition) is 3. The molecular formula is C16H24N5O8PS2. The largest absolute Gasteiger partial charge is 0.479 e. The van der Waals surface area contributed by atoms with Crippen LogP contribution in [0.2, 0.25) is 0 Å². The second-order valence-corrected chi connectivity index (χ2v) is 11.5. The zero-order valence-electron chi connectivity index (χ0n) is 17.3. The Morgan fingerprint density at radius 2 is 2.19 bits per heavy atom. The van der Waals surface area contributed by atoms with Crippen molar-refractivity contribution >= 4 is 46.5 Å². The number of hydrogen-bond acceptors (Lipinski definition) is 14. The maximum Gasteiger partial charge on any atom is 0.475 e. The molecule has 0 bridgehead atoms. The lowest BCUT2D eigenvalue weighted by atomic mass is 9.96. The molecule has 2 aromatic rings. The highest BCUT2D eigenvalue weighted by atomic mass is 33.1. The average Bonchev–Trinajstić information content (AvgIpc) is 3.28. The van der Waals surface area contributed by atoms with Gasteiger partial charge in [0.15, 0.2) is 17.4 Å². The molecule has 178 valence electrons. The van der Waals surface area contributed by atoms with Gasteiger partial charge in [0.05, 0.1) is 33.3 Å². The fourth-order valence-electron chi connectivity index (χ4n) is 3.50. The predicted molar refractivity (Wildman–Crippen MR) is 117 cm³/mol. The molecule has 1 unspecified atom stereocenters. The van der Waals surface area contributed by atoms with Crippen LogP contribution in [-0.4, -0.2) is 86.0 Å². The molecular weight excluding hydrogens is 485 g/mol. The van der Waals surface area contributed by atoms with E-state index in [-0.39, 0.29) is 31.6 Å². The molecule has 2 aliphatic heterocycles. The third kappa shape index (κ3) is 4.58. The molecule has 13 nitrogen and oxygen atoms in total. The number of aromatic nitrogens is 4. The van der Waals surface area contributed by atoms with E-state index in [1.807, 2.05) is 0 Å². The summed E-state index contributed by atoms with van der Waals surface area (Å²) in [4.78, 5) is 12.4. The van der Waals surface area contributed by atoms with Crippen molar-refractivity contribution in [3.63, 3.8) is 0 Å². The van der Waals surface area contributed by atoms with Gasteiger partial charge in [-0.05, 0) is 6.92 Å². The van der Waals surface area contributed by atoms with Crippen LogP contribution in [-0.2, 0) is 22.9 Å². The molecule has 2 aromatic heterocycles. The van der Waals surface area contributed by atoms with Crippen LogP contribution in [0.5, 0.6) is 5.88 Å². The van der Waals surface area contributed by atoms with E-state index in [9.17, 15) is 9.67 Å². The Bertz CT molecular complexity index is 1010. The van der Waals surface area contributed by atoms with Gasteiger partial charge in [0.1, 0.15) is 17.8 Å². The highest BCUT2D eigenvalue weighted by Gasteiger charge is 2.60. The molecule has 0 spiro atoms. The number of imidazole rings is 1. The van der Waals surface area contributed by atoms with Gasteiger partial charge in [-0.2, -0.15) is 9.97 Å². The van der Waals surface area contributed by atoms with Gasteiger partial charge in [0, 0.05) is 11.5 Å². The van der Waals surface area contributed by atoms with E-state index in [0.717, 1.165) is 0 Å². The summed E-state index contributed by atoms with van der Waals surface area (Å²) >= 11 is 0. The Morgan fingerprint density at radius 3 is 2.94 bits per heavy atom. The number of aliphatic hydroxyl groups excluding tert-OH is 1. The molecule has 0 aliphatic carbocycles. The van der Waals surface area contributed by atoms with Gasteiger partial charge in [-0.1, -0.05) is 21.6 Å². The van der Waals surface area contributed by atoms with E-state index < -0.39 is 31.9 Å². The van der Waals surface area contributed by atoms with Crippen LogP contribution in [0, 0.1) is 0 Å². The van der Waals surface area contributed by atoms with E-state index in [1.54, 1.807) is 0 Å². The van der Waals surface area contributed by atoms with Crippen molar-refractivity contribution < 1.29 is 37.8 Å². The second kappa shape index (κ2) is 9.60. The van der Waals surface area contributed by atoms with Crippen molar-refractivity contribution in [1.82, 2.24) is 19.5 Å². The maximum absolute atomic E-state index is 12.9. The molecule has 5 atom stereocenters. The van der Waals surface area contributed by atoms with Crippen molar-refractivity contribution in [3.05, 3.63) is 6.33 Å². The predicted octanol–water partition coefficient (Wildman–Crippen LogP) is 0.979. The summed E-state index contributed by atoms with van der Waals surface area (Å²) in [6.45, 7) is 1.62. The van der Waals surface area contributed by atoms with Gasteiger partial charge in [-0.3, -0.25) is 18.1 Å². The molecule has 4 N–H and O–H groups in total. The van der Waals surface area contributed by atoms with Crippen LogP contribution < -0.4 is 10.5 Å². The molecule has 4 rings (SSSR count). The van der Waals surface area contributed by atoms with Crippen molar-refractivity contribution in [2.45, 2.75) is 31.0 Å². The fraction of sp³-hybridized carbons (Fsp3) is 0.688. The smallest absolute Gasteiger partial charge is 0.475 e. The lowest BCUT2D eigenvalue weighted by Gasteiger charge is -2.34. The molecule has 4 heterocycles. The van der Waals surface area contributed by atoms with Gasteiger partial charge in [-0.25, -0.2) is 9.55 Å². The number of phosphoric ester groups is 1. The zero-order valence-corrected chi connectivity index (χ0v) is 19.8. The lowest BCUT2D eigenvalue weighted by Crippen LogP contribution is -2.47. The molecule has 0 radical (unpaired) electrons. The summed E-state index contributed by atoms with van der Waals surface area (Å²) in [5.74, 6) is 1.27. The third-order valence-corrected chi connectivity index (χ3v) is 8.68. The standard InChI is InChI=1S/C16H24N5O8PS2/c1-16(23)11-9(7-27-30(24,29-11)26-4-6-32-31-5-3-22)28-14(16)21-8-18-10-12(21)19-15(17)20-13(10)25-2/h8-9,11,14,22-23H,3-7H2,1-2H3,(H2,17,19,20)/t9-,11-,14-,16-,30?/m1/s1. The summed E-state index contributed by atoms with van der Waals surface area (Å²) < 4.78 is 41.9. The van der Waals surface area contributed by atoms with Crippen molar-refractivity contribution in [3.8, 4) is 5.88 Å². The van der Waals surface area contributed by atoms with E-state index in [1.165, 1.54) is 46.5 Å². The first-order chi connectivity index (χ1) is 15.3. The van der Waals surface area contributed by atoms with Gasteiger partial charge in [0.2, 0.25) is 11.8 Å². The number of nitrogens with two attached hydrogens (primary N) is 1. The Hall–Kier alpha value is -1.16. The first-order valence-corrected chi connectivity index (χ1v) is 13.6. The minimum Gasteiger partial charge on any atom is -0.479 e. The Labute approximate surface area is 191 Å². The maximum atomic E-state index is 12.9. The number of ether oxygens (including phenoxy) is 2. The summed E-state index contributed by atoms with van der Waals surface area (Å²) in [5.41, 5.74) is 4.79. The van der Waals surface area contributed by atoms with Gasteiger partial charge >= 0.3 is 7.82 Å². The highest BCUT2D eigenvalue weighted by Crippen LogP contribution is 2.58. The minimum atomic E-state index is -3.89. The number of rotatable bonds is 9. The second-order valence-electron chi connectivity index (χ2n) is 7.14. The molecule has 16 heteroatoms. The minimum absolute atomic E-state index is 0.0290. The van der Waals surface area contributed by atoms with Crippen molar-refractivity contribution in [2.24, 2.45) is 0 Å². The van der Waals surface area contributed by atoms with E-state index >= 15 is 0 Å². The number of nitrogens with zero attached hydrogens (tertiary/aromatic N) is 4. The van der Waals surface area contributed by atoms with Crippen LogP contribution in [0.15, 0.2) is 6.33 Å². The first kappa shape index (κ1) is 24.0. The summed E-state index contributed by atoms with van der Waals surface area (Å²) in [6, 6.07) is 0. The monoisotopic (exact) mass is 509 g/mol. The molecule has 2 saturated heterocycles. The summed E-state index contributed by atoms with van der Waals surface area (Å²) in [7, 11) is 0.487. The molecule has 32 heavy (non-hydrogen) atoms. The Balaban J connectivity index is 1.50. The van der Waals surface area contributed by atoms with Gasteiger partial charge in [-0.15, -0.1) is 0 Å². The molecule has 2 aliphatic rings. The molecule has 0 saturated carbocycles. The Morgan fingerprint density at radius 1 is 1.41 bits per heavy atom. The quantitative estimate of drug-likeness (QED) is 0.248. The SMILES string of the molecule is COc1nc(N)nc2c1ncn2[C@@H]1O[C@@H]2COP(=O)(OCCSSCCO)O[C@H]2[C@@]1(C)O. The number of fused-ring (bicyclic) bond motifs is 2. The number of aliphatic hydroxyl groups is 2. The first-order valence-electron chi connectivity index (χ1n) is 9.63. The molecule has 0 aromatic carbocycles. The summed E-state index contributed by atoms with van der Waals surface area (Å²) in [6.07, 6.45) is -1.24. The van der Waals surface area contributed by atoms with Crippen LogP contribution in [0.25, 0.3) is 11.2 Å². The molecule has 2 fully saturated rings. The zero-order chi connectivity index (χ0) is 22.9. The highest BCUT2D eigenvalue weighted by molar-refractivity contribution is 8.76. The number of methoxy groups -OCH3 is 1. The van der Waals surface area contributed by atoms with Gasteiger partial charge in [0.25, 0.3) is 0 Å². The third-order valence-electron chi connectivity index (χ3n) is 4.88. The van der Waals surface area contributed by atoms with Crippen molar-refractivity contribution in [2.75, 3.05) is 44.2 Å². The topological polar surface area (TPSA) is 173 Å². The average molecular weight is 510 g/mol. The number of anilines is 1. The van der Waals surface area contributed by atoms with E-state index in [0.29, 0.717) is 22.7 Å². The van der Waals surface area contributed by atoms with E-state index in [4.69, 9.17) is 33.9 Å². The fourth-order valence-corrected chi connectivity index (χ4v) is 6.69. The van der Waals surface area contributed by atoms with Crippen LogP contribution in [0.4, 0.5) is 5.95 Å². The van der Waals surface area contributed by atoms with Crippen LogP contribution in [0.1, 0.15) is 13.2 Å². The van der Waals surface area contributed by atoms with Crippen LogP contribution in [0.3, 0.4) is 0 Å². The van der Waals surface area contributed by atoms with Crippen molar-refractivity contribution in [1.29, 1.82) is 0 Å². The molecule has 0 amide bonds. The summed E-state index contributed by atoms with van der Waals surface area (Å²) in [5, 5.41) is 20.1.